The second-order valence-electron chi connectivity index (χ2n) is 8.28. The highest BCUT2D eigenvalue weighted by Gasteiger charge is 2.23. The van der Waals surface area contributed by atoms with Crippen LogP contribution in [0.5, 0.6) is 23.0 Å². The molecule has 0 aliphatic rings. The third kappa shape index (κ3) is 5.69. The second-order valence-corrected chi connectivity index (χ2v) is 11.2. The first kappa shape index (κ1) is 23.2. The van der Waals surface area contributed by atoms with E-state index in [0.29, 0.717) is 11.5 Å². The third-order valence-corrected chi connectivity index (χ3v) is 7.48. The Bertz CT molecular complexity index is 1230. The number of hydrogen-bond acceptors (Lipinski definition) is 4. The molecule has 0 radical (unpaired) electrons. The molecule has 0 N–H and O–H groups in total. The maximum atomic E-state index is 11.0. The van der Waals surface area contributed by atoms with Gasteiger partial charge in [0, 0.05) is 22.4 Å². The number of aryl methyl sites for hydroxylation is 1. The fraction of sp³-hybridized carbons (Fsp3) is 0.148. The van der Waals surface area contributed by atoms with Crippen molar-refractivity contribution in [2.75, 3.05) is 0 Å². The number of benzene rings is 3. The Morgan fingerprint density at radius 2 is 1.03 bits per heavy atom. The largest absolute Gasteiger partial charge is 0.768 e. The van der Waals surface area contributed by atoms with Crippen LogP contribution in [0.2, 0.25) is 0 Å². The molecule has 4 nitrogen and oxygen atoms in total. The van der Waals surface area contributed by atoms with Crippen molar-refractivity contribution in [1.29, 1.82) is 0 Å². The van der Waals surface area contributed by atoms with Crippen LogP contribution in [-0.2, 0) is 23.2 Å². The lowest BCUT2D eigenvalue weighted by Crippen LogP contribution is -2.18. The summed E-state index contributed by atoms with van der Waals surface area (Å²) >= 11 is -2.24. The Labute approximate surface area is 198 Å². The maximum absolute atomic E-state index is 11.0. The molecule has 0 aliphatic heterocycles. The molecular weight excluding hydrogens is 451 g/mol. The van der Waals surface area contributed by atoms with E-state index in [4.69, 9.17) is 9.47 Å². The first-order valence-corrected chi connectivity index (χ1v) is 13.5. The number of ether oxygens (including phenoxy) is 2. The van der Waals surface area contributed by atoms with E-state index in [0.717, 1.165) is 17.1 Å². The molecule has 1 heterocycles. The van der Waals surface area contributed by atoms with Gasteiger partial charge in [-0.3, -0.25) is 4.21 Å². The van der Waals surface area contributed by atoms with Gasteiger partial charge in [-0.25, -0.2) is 0 Å². The van der Waals surface area contributed by atoms with Gasteiger partial charge >= 0.3 is 0 Å². The highest BCUT2D eigenvalue weighted by Crippen LogP contribution is 2.35. The van der Waals surface area contributed by atoms with Crippen molar-refractivity contribution >= 4 is 18.6 Å². The van der Waals surface area contributed by atoms with Gasteiger partial charge in [-0.2, -0.15) is 0 Å². The summed E-state index contributed by atoms with van der Waals surface area (Å²) in [5.41, 5.74) is 2.14. The molecule has 0 saturated carbocycles. The zero-order valence-corrected chi connectivity index (χ0v) is 20.4. The molecule has 0 fully saturated rings. The molecule has 6 heteroatoms. The van der Waals surface area contributed by atoms with Crippen LogP contribution in [0.4, 0.5) is 0 Å². The number of rotatable bonds is 7. The van der Waals surface area contributed by atoms with Crippen LogP contribution < -0.4 is 9.47 Å². The average molecular weight is 477 g/mol. The van der Waals surface area contributed by atoms with Gasteiger partial charge in [0.15, 0.2) is 0 Å². The van der Waals surface area contributed by atoms with Crippen LogP contribution in [0.25, 0.3) is 0 Å². The van der Waals surface area contributed by atoms with Crippen LogP contribution in [-0.4, -0.2) is 8.76 Å². The van der Waals surface area contributed by atoms with Crippen molar-refractivity contribution in [3.63, 3.8) is 0 Å². The minimum atomic E-state index is -2.24. The van der Waals surface area contributed by atoms with Crippen LogP contribution in [0.1, 0.15) is 25.0 Å². The van der Waals surface area contributed by atoms with E-state index in [1.165, 1.54) is 17.7 Å². The van der Waals surface area contributed by atoms with Crippen molar-refractivity contribution in [3.05, 3.63) is 108 Å². The van der Waals surface area contributed by atoms with Gasteiger partial charge in [-0.05, 0) is 70.7 Å². The van der Waals surface area contributed by atoms with E-state index in [9.17, 15) is 8.76 Å². The molecule has 168 valence electrons. The predicted octanol–water partition coefficient (Wildman–Crippen LogP) is 7.64. The summed E-state index contributed by atoms with van der Waals surface area (Å²) in [7, 11) is -0.154. The summed E-state index contributed by atoms with van der Waals surface area (Å²) in [5.74, 6) is 7.31. The van der Waals surface area contributed by atoms with Gasteiger partial charge in [-0.15, -0.1) is 0 Å². The monoisotopic (exact) mass is 476 g/mol. The molecule has 33 heavy (non-hydrogen) atoms. The lowest BCUT2D eigenvalue weighted by molar-refractivity contribution is 0.481. The van der Waals surface area contributed by atoms with Crippen LogP contribution in [0.15, 0.2) is 101 Å². The quantitative estimate of drug-likeness (QED) is 0.257. The third-order valence-electron chi connectivity index (χ3n) is 5.59. The molecule has 1 aromatic heterocycles. The highest BCUT2D eigenvalue weighted by molar-refractivity contribution is 7.79. The molecule has 0 spiro atoms. The summed E-state index contributed by atoms with van der Waals surface area (Å²) in [6.45, 7) is 6.57. The van der Waals surface area contributed by atoms with E-state index >= 15 is 0 Å². The Morgan fingerprint density at radius 3 is 1.42 bits per heavy atom. The highest BCUT2D eigenvalue weighted by atomic mass is 32.2. The van der Waals surface area contributed by atoms with Crippen molar-refractivity contribution in [2.45, 2.75) is 24.2 Å². The molecule has 1 unspecified atom stereocenters. The average Bonchev–Trinajstić information content (AvgIpc) is 2.82. The van der Waals surface area contributed by atoms with Crippen molar-refractivity contribution < 1.29 is 18.2 Å². The SMILES string of the molecule is C[p+]1ccc(Oc2ccc(C(C)(C)c3ccc(Oc4ccc(S(=O)[O-])cc4)cc3)cc2)cc1. The summed E-state index contributed by atoms with van der Waals surface area (Å²) in [6, 6.07) is 26.6. The van der Waals surface area contributed by atoms with Gasteiger partial charge < -0.3 is 14.0 Å². The first-order valence-electron chi connectivity index (χ1n) is 10.5. The Balaban J connectivity index is 1.45. The van der Waals surface area contributed by atoms with Gasteiger partial charge in [0.05, 0.1) is 0 Å². The summed E-state index contributed by atoms with van der Waals surface area (Å²) in [4.78, 5) is 0.233. The zero-order chi connectivity index (χ0) is 23.4. The summed E-state index contributed by atoms with van der Waals surface area (Å²) in [5, 5.41) is 0. The topological polar surface area (TPSA) is 58.6 Å². The minimum Gasteiger partial charge on any atom is -0.768 e. The van der Waals surface area contributed by atoms with E-state index in [2.05, 4.69) is 56.4 Å². The predicted molar refractivity (Wildman–Crippen MR) is 133 cm³/mol. The second kappa shape index (κ2) is 9.88. The fourth-order valence-electron chi connectivity index (χ4n) is 3.49. The van der Waals surface area contributed by atoms with Crippen LogP contribution >= 0.6 is 7.53 Å². The fourth-order valence-corrected chi connectivity index (χ4v) is 4.71. The van der Waals surface area contributed by atoms with Gasteiger partial charge in [-0.1, -0.05) is 38.1 Å². The molecule has 0 bridgehead atoms. The van der Waals surface area contributed by atoms with Gasteiger partial charge in [0.1, 0.15) is 48.8 Å². The molecule has 0 aliphatic carbocycles. The lowest BCUT2D eigenvalue weighted by Gasteiger charge is -2.26. The molecule has 4 aromatic rings. The molecule has 3 aromatic carbocycles. The van der Waals surface area contributed by atoms with E-state index in [-0.39, 0.29) is 17.8 Å². The standard InChI is InChI=1S/C27H25O4PS/c1-27(2,21-6-10-23(11-7-21)31-25-16-18-32(3)19-17-25)20-4-8-22(9-5-20)30-24-12-14-26(15-13-24)33(28)29/h4-19H,1-3H3. The van der Waals surface area contributed by atoms with Crippen LogP contribution in [0.3, 0.4) is 0 Å². The maximum Gasteiger partial charge on any atom is 0.134 e. The summed E-state index contributed by atoms with van der Waals surface area (Å²) < 4.78 is 33.8. The Kier molecular flexibility index (Phi) is 6.94. The Hall–Kier alpha value is -2.98. The van der Waals surface area contributed by atoms with Gasteiger partial charge in [0.25, 0.3) is 0 Å². The van der Waals surface area contributed by atoms with Crippen molar-refractivity contribution in [1.82, 2.24) is 0 Å². The van der Waals surface area contributed by atoms with E-state index in [1.807, 2.05) is 36.4 Å². The first-order chi connectivity index (χ1) is 15.8. The number of hydrogen-bond donors (Lipinski definition) is 0. The van der Waals surface area contributed by atoms with E-state index in [1.54, 1.807) is 12.1 Å². The smallest absolute Gasteiger partial charge is 0.134 e. The Morgan fingerprint density at radius 1 is 0.667 bits per heavy atom. The van der Waals surface area contributed by atoms with Gasteiger partial charge in [0.2, 0.25) is 0 Å². The van der Waals surface area contributed by atoms with E-state index < -0.39 is 11.1 Å². The molecule has 4 rings (SSSR count). The normalized spacial score (nSPS) is 12.2. The molecule has 0 amide bonds. The minimum absolute atomic E-state index is 0.154. The molecular formula is C27H25O4PS. The summed E-state index contributed by atoms with van der Waals surface area (Å²) in [6.07, 6.45) is 0. The molecule has 1 atom stereocenters. The van der Waals surface area contributed by atoms with Crippen LogP contribution in [0, 0.1) is 0 Å². The van der Waals surface area contributed by atoms with Crippen molar-refractivity contribution in [2.24, 2.45) is 6.66 Å². The zero-order valence-electron chi connectivity index (χ0n) is 18.7. The lowest BCUT2D eigenvalue weighted by atomic mass is 9.78. The molecule has 0 saturated heterocycles. The van der Waals surface area contributed by atoms with Crippen molar-refractivity contribution in [3.8, 4) is 23.0 Å².